The van der Waals surface area contributed by atoms with Crippen molar-refractivity contribution in [1.29, 1.82) is 0 Å². The number of methoxy groups -OCH3 is 2. The Morgan fingerprint density at radius 3 is 2.12 bits per heavy atom. The predicted molar refractivity (Wildman–Crippen MR) is 62.2 cm³/mol. The van der Waals surface area contributed by atoms with Crippen LogP contribution < -0.4 is 9.47 Å². The molecular weight excluding hydrogens is 204 g/mol. The van der Waals surface area contributed by atoms with Crippen LogP contribution in [-0.4, -0.2) is 19.8 Å². The molecule has 0 aromatic heterocycles. The van der Waals surface area contributed by atoms with Crippen molar-refractivity contribution in [2.24, 2.45) is 0 Å². The summed E-state index contributed by atoms with van der Waals surface area (Å²) in [6.07, 6.45) is 0.108. The Labute approximate surface area is 96.3 Å². The maximum absolute atomic E-state index is 5.64. The zero-order valence-electron chi connectivity index (χ0n) is 10.5. The first-order chi connectivity index (χ1) is 7.49. The molecule has 1 aromatic carbocycles. The number of benzene rings is 1. The Morgan fingerprint density at radius 1 is 1.12 bits per heavy atom. The molecule has 0 spiro atoms. The molecular formula is C13H18O3. The van der Waals surface area contributed by atoms with E-state index in [9.17, 15) is 0 Å². The van der Waals surface area contributed by atoms with Gasteiger partial charge in [0.2, 0.25) is 0 Å². The van der Waals surface area contributed by atoms with Crippen LogP contribution in [-0.2, 0) is 4.74 Å². The molecule has 2 rings (SSSR count). The van der Waals surface area contributed by atoms with Gasteiger partial charge in [0.1, 0.15) is 17.6 Å². The van der Waals surface area contributed by atoms with Gasteiger partial charge in [-0.05, 0) is 38.5 Å². The number of aryl methyl sites for hydroxylation is 1. The Balaban J connectivity index is 2.43. The number of hydrogen-bond donors (Lipinski definition) is 0. The van der Waals surface area contributed by atoms with Crippen LogP contribution in [0.4, 0.5) is 0 Å². The summed E-state index contributed by atoms with van der Waals surface area (Å²) in [5, 5.41) is 0. The molecule has 0 aliphatic carbocycles. The van der Waals surface area contributed by atoms with Crippen LogP contribution in [0.5, 0.6) is 11.5 Å². The number of hydrogen-bond acceptors (Lipinski definition) is 3. The van der Waals surface area contributed by atoms with Crippen molar-refractivity contribution in [1.82, 2.24) is 0 Å². The fourth-order valence-electron chi connectivity index (χ4n) is 1.99. The topological polar surface area (TPSA) is 31.0 Å². The summed E-state index contributed by atoms with van der Waals surface area (Å²) in [6.45, 7) is 6.15. The van der Waals surface area contributed by atoms with Crippen molar-refractivity contribution >= 4 is 0 Å². The van der Waals surface area contributed by atoms with Crippen LogP contribution >= 0.6 is 0 Å². The van der Waals surface area contributed by atoms with Gasteiger partial charge in [-0.3, -0.25) is 0 Å². The SMILES string of the molecule is COc1cc(C2OC2(C)C)c(OC)cc1C. The Morgan fingerprint density at radius 2 is 1.69 bits per heavy atom. The Hall–Kier alpha value is -1.22. The van der Waals surface area contributed by atoms with Crippen molar-refractivity contribution in [2.75, 3.05) is 14.2 Å². The molecule has 0 N–H and O–H groups in total. The van der Waals surface area contributed by atoms with Crippen LogP contribution in [0, 0.1) is 6.92 Å². The number of rotatable bonds is 3. The summed E-state index contributed by atoms with van der Waals surface area (Å²) in [6, 6.07) is 4.00. The lowest BCUT2D eigenvalue weighted by molar-refractivity contribution is 0.321. The minimum absolute atomic E-state index is 0.0897. The van der Waals surface area contributed by atoms with E-state index in [-0.39, 0.29) is 11.7 Å². The van der Waals surface area contributed by atoms with E-state index in [0.717, 1.165) is 22.6 Å². The Kier molecular flexibility index (Phi) is 2.58. The molecule has 1 aliphatic heterocycles. The first-order valence-electron chi connectivity index (χ1n) is 5.40. The molecule has 1 atom stereocenters. The summed E-state index contributed by atoms with van der Waals surface area (Å²) in [7, 11) is 3.36. The fourth-order valence-corrected chi connectivity index (χ4v) is 1.99. The molecule has 1 heterocycles. The van der Waals surface area contributed by atoms with E-state index in [4.69, 9.17) is 14.2 Å². The monoisotopic (exact) mass is 222 g/mol. The summed E-state index contributed by atoms with van der Waals surface area (Å²) >= 11 is 0. The van der Waals surface area contributed by atoms with Gasteiger partial charge in [0.05, 0.1) is 19.8 Å². The lowest BCUT2D eigenvalue weighted by Crippen LogP contribution is -2.01. The highest BCUT2D eigenvalue weighted by Crippen LogP contribution is 2.52. The van der Waals surface area contributed by atoms with Crippen LogP contribution in [0.1, 0.15) is 31.1 Å². The fraction of sp³-hybridized carbons (Fsp3) is 0.538. The van der Waals surface area contributed by atoms with Gasteiger partial charge in [-0.15, -0.1) is 0 Å². The summed E-state index contributed by atoms with van der Waals surface area (Å²) in [5.41, 5.74) is 2.05. The third kappa shape index (κ3) is 1.76. The van der Waals surface area contributed by atoms with E-state index in [1.54, 1.807) is 14.2 Å². The summed E-state index contributed by atoms with van der Waals surface area (Å²) in [4.78, 5) is 0. The zero-order chi connectivity index (χ0) is 11.9. The quantitative estimate of drug-likeness (QED) is 0.737. The van der Waals surface area contributed by atoms with Gasteiger partial charge < -0.3 is 14.2 Å². The maximum atomic E-state index is 5.64. The first kappa shape index (κ1) is 11.3. The van der Waals surface area contributed by atoms with Crippen LogP contribution in [0.25, 0.3) is 0 Å². The minimum Gasteiger partial charge on any atom is -0.496 e. The number of ether oxygens (including phenoxy) is 3. The highest BCUT2D eigenvalue weighted by Gasteiger charge is 2.50. The second-order valence-corrected chi connectivity index (χ2v) is 4.67. The van der Waals surface area contributed by atoms with E-state index in [2.05, 4.69) is 13.8 Å². The third-order valence-electron chi connectivity index (χ3n) is 3.03. The van der Waals surface area contributed by atoms with Crippen LogP contribution in [0.3, 0.4) is 0 Å². The molecule has 0 amide bonds. The van der Waals surface area contributed by atoms with Crippen LogP contribution in [0.15, 0.2) is 12.1 Å². The highest BCUT2D eigenvalue weighted by molar-refractivity contribution is 5.48. The molecule has 0 bridgehead atoms. The summed E-state index contributed by atoms with van der Waals surface area (Å²) < 4.78 is 16.3. The van der Waals surface area contributed by atoms with Gasteiger partial charge in [0.25, 0.3) is 0 Å². The molecule has 16 heavy (non-hydrogen) atoms. The molecule has 1 fully saturated rings. The second-order valence-electron chi connectivity index (χ2n) is 4.67. The molecule has 0 radical (unpaired) electrons. The maximum Gasteiger partial charge on any atom is 0.125 e. The Bertz CT molecular complexity index is 410. The van der Waals surface area contributed by atoms with E-state index < -0.39 is 0 Å². The predicted octanol–water partition coefficient (Wildman–Crippen LogP) is 2.86. The van der Waals surface area contributed by atoms with Crippen molar-refractivity contribution < 1.29 is 14.2 Å². The molecule has 0 saturated carbocycles. The van der Waals surface area contributed by atoms with Gasteiger partial charge >= 0.3 is 0 Å². The number of epoxide rings is 1. The highest BCUT2D eigenvalue weighted by atomic mass is 16.6. The summed E-state index contributed by atoms with van der Waals surface area (Å²) in [5.74, 6) is 1.75. The zero-order valence-corrected chi connectivity index (χ0v) is 10.5. The molecule has 3 nitrogen and oxygen atoms in total. The van der Waals surface area contributed by atoms with E-state index >= 15 is 0 Å². The first-order valence-corrected chi connectivity index (χ1v) is 5.40. The van der Waals surface area contributed by atoms with Gasteiger partial charge in [-0.1, -0.05) is 0 Å². The largest absolute Gasteiger partial charge is 0.496 e. The standard InChI is InChI=1S/C13H18O3/c1-8-6-11(15-5)9(7-10(8)14-4)12-13(2,3)16-12/h6-7,12H,1-5H3. The van der Waals surface area contributed by atoms with Gasteiger partial charge in [-0.2, -0.15) is 0 Å². The van der Waals surface area contributed by atoms with Crippen molar-refractivity contribution in [3.8, 4) is 11.5 Å². The van der Waals surface area contributed by atoms with Crippen molar-refractivity contribution in [2.45, 2.75) is 32.5 Å². The van der Waals surface area contributed by atoms with E-state index in [0.29, 0.717) is 0 Å². The second kappa shape index (κ2) is 3.67. The van der Waals surface area contributed by atoms with Gasteiger partial charge in [-0.25, -0.2) is 0 Å². The molecule has 88 valence electrons. The van der Waals surface area contributed by atoms with Crippen molar-refractivity contribution in [3.63, 3.8) is 0 Å². The lowest BCUT2D eigenvalue weighted by Gasteiger charge is -2.12. The van der Waals surface area contributed by atoms with Gasteiger partial charge in [0, 0.05) is 5.56 Å². The average Bonchev–Trinajstić information content (AvgIpc) is 2.87. The van der Waals surface area contributed by atoms with Gasteiger partial charge in [0.15, 0.2) is 0 Å². The molecule has 1 unspecified atom stereocenters. The van der Waals surface area contributed by atoms with E-state index in [1.807, 2.05) is 19.1 Å². The van der Waals surface area contributed by atoms with Crippen molar-refractivity contribution in [3.05, 3.63) is 23.3 Å². The lowest BCUT2D eigenvalue weighted by atomic mass is 10.00. The minimum atomic E-state index is -0.0897. The van der Waals surface area contributed by atoms with Crippen LogP contribution in [0.2, 0.25) is 0 Å². The molecule has 1 saturated heterocycles. The molecule has 1 aliphatic rings. The smallest absolute Gasteiger partial charge is 0.125 e. The molecule has 1 aromatic rings. The van der Waals surface area contributed by atoms with E-state index in [1.165, 1.54) is 0 Å². The normalized spacial score (nSPS) is 21.7. The average molecular weight is 222 g/mol. The third-order valence-corrected chi connectivity index (χ3v) is 3.03. The molecule has 3 heteroatoms.